The van der Waals surface area contributed by atoms with Gasteiger partial charge in [0, 0.05) is 11.8 Å². The van der Waals surface area contributed by atoms with Crippen molar-refractivity contribution in [3.05, 3.63) is 83.9 Å². The summed E-state index contributed by atoms with van der Waals surface area (Å²) in [5.41, 5.74) is 2.12. The van der Waals surface area contributed by atoms with Crippen molar-refractivity contribution in [3.63, 3.8) is 0 Å². The van der Waals surface area contributed by atoms with Crippen molar-refractivity contribution in [2.24, 2.45) is 11.8 Å². The van der Waals surface area contributed by atoms with Crippen molar-refractivity contribution in [1.82, 2.24) is 4.90 Å². The van der Waals surface area contributed by atoms with Gasteiger partial charge in [-0.25, -0.2) is 0 Å². The first-order valence-corrected chi connectivity index (χ1v) is 10.8. The molecule has 1 heterocycles. The maximum absolute atomic E-state index is 13.6. The van der Waals surface area contributed by atoms with Gasteiger partial charge in [-0.1, -0.05) is 72.8 Å². The van der Waals surface area contributed by atoms with E-state index in [9.17, 15) is 9.59 Å². The van der Waals surface area contributed by atoms with Crippen LogP contribution in [0.2, 0.25) is 0 Å². The number of benzene rings is 2. The fourth-order valence-electron chi connectivity index (χ4n) is 4.86. The fraction of sp³-hybridized carbons (Fsp3) is 0.346. The van der Waals surface area contributed by atoms with Crippen molar-refractivity contribution in [3.8, 4) is 6.07 Å². The zero-order chi connectivity index (χ0) is 22.0. The molecule has 1 saturated heterocycles. The van der Waals surface area contributed by atoms with E-state index in [2.05, 4.69) is 18.2 Å². The maximum Gasteiger partial charge on any atom is 0.234 e. The lowest BCUT2D eigenvalue weighted by Crippen LogP contribution is -2.47. The summed E-state index contributed by atoms with van der Waals surface area (Å²) in [6.45, 7) is 1.23. The number of carbonyl (C=O) groups excluding carboxylic acids is 2. The Bertz CT molecular complexity index is 956. The average Bonchev–Trinajstić information content (AvgIpc) is 3.03. The molecule has 0 bridgehead atoms. The molecule has 0 N–H and O–H groups in total. The van der Waals surface area contributed by atoms with E-state index in [1.165, 1.54) is 4.90 Å². The number of likely N-dealkylation sites (N-methyl/N-ethyl adjacent to an activating group) is 1. The van der Waals surface area contributed by atoms with Crippen LogP contribution < -0.4 is 0 Å². The molecule has 5 heteroatoms. The molecule has 0 spiro atoms. The van der Waals surface area contributed by atoms with Crippen molar-refractivity contribution in [2.75, 3.05) is 33.7 Å². The molecule has 2 amide bonds. The molecule has 0 unspecified atom stereocenters. The lowest BCUT2D eigenvalue weighted by Gasteiger charge is -2.32. The van der Waals surface area contributed by atoms with Crippen molar-refractivity contribution >= 4 is 11.8 Å². The zero-order valence-electron chi connectivity index (χ0n) is 18.0. The normalized spacial score (nSPS) is 25.4. The highest BCUT2D eigenvalue weighted by Gasteiger charge is 2.55. The Labute approximate surface area is 183 Å². The molecule has 2 aromatic carbocycles. The van der Waals surface area contributed by atoms with Gasteiger partial charge in [0.05, 0.1) is 39.0 Å². The second-order valence-corrected chi connectivity index (χ2v) is 9.11. The van der Waals surface area contributed by atoms with E-state index >= 15 is 0 Å². The van der Waals surface area contributed by atoms with Crippen LogP contribution in [-0.2, 0) is 9.59 Å². The van der Waals surface area contributed by atoms with Crippen LogP contribution >= 0.6 is 0 Å². The summed E-state index contributed by atoms with van der Waals surface area (Å²) < 4.78 is 0.450. The van der Waals surface area contributed by atoms with E-state index in [1.807, 2.05) is 74.8 Å². The number of nitriles is 1. The minimum Gasteiger partial charge on any atom is -0.315 e. The third kappa shape index (κ3) is 4.04. The van der Waals surface area contributed by atoms with Gasteiger partial charge in [0.1, 0.15) is 6.07 Å². The smallest absolute Gasteiger partial charge is 0.234 e. The van der Waals surface area contributed by atoms with E-state index in [4.69, 9.17) is 5.26 Å². The lowest BCUT2D eigenvalue weighted by atomic mass is 9.68. The monoisotopic (exact) mass is 414 g/mol. The predicted octanol–water partition coefficient (Wildman–Crippen LogP) is 3.32. The van der Waals surface area contributed by atoms with Gasteiger partial charge >= 0.3 is 0 Å². The van der Waals surface area contributed by atoms with Crippen LogP contribution in [0.3, 0.4) is 0 Å². The molecule has 0 radical (unpaired) electrons. The number of quaternary nitrogens is 1. The third-order valence-corrected chi connectivity index (χ3v) is 6.59. The van der Waals surface area contributed by atoms with E-state index in [1.54, 1.807) is 0 Å². The van der Waals surface area contributed by atoms with Crippen LogP contribution in [0, 0.1) is 23.2 Å². The van der Waals surface area contributed by atoms with E-state index in [0.29, 0.717) is 24.1 Å². The molecule has 1 aliphatic carbocycles. The van der Waals surface area contributed by atoms with Crippen LogP contribution in [-0.4, -0.2) is 54.9 Å². The van der Waals surface area contributed by atoms with E-state index < -0.39 is 11.8 Å². The number of nitrogens with zero attached hydrogens (tertiary/aromatic N) is 3. The number of allylic oxidation sites excluding steroid dienone is 2. The van der Waals surface area contributed by atoms with Crippen LogP contribution in [0.15, 0.2) is 72.8 Å². The molecule has 2 aromatic rings. The van der Waals surface area contributed by atoms with Gasteiger partial charge in [-0.2, -0.15) is 5.26 Å². The molecule has 4 rings (SSSR count). The first-order chi connectivity index (χ1) is 14.9. The molecule has 31 heavy (non-hydrogen) atoms. The zero-order valence-corrected chi connectivity index (χ0v) is 18.0. The summed E-state index contributed by atoms with van der Waals surface area (Å²) in [6, 6.07) is 22.1. The molecular weight excluding hydrogens is 386 g/mol. The molecule has 5 nitrogen and oxygen atoms in total. The van der Waals surface area contributed by atoms with Gasteiger partial charge in [0.2, 0.25) is 11.8 Å². The molecule has 1 fully saturated rings. The topological polar surface area (TPSA) is 61.2 Å². The lowest BCUT2D eigenvalue weighted by molar-refractivity contribution is -0.882. The third-order valence-electron chi connectivity index (χ3n) is 6.59. The Kier molecular flexibility index (Phi) is 5.75. The predicted molar refractivity (Wildman–Crippen MR) is 119 cm³/mol. The highest BCUT2D eigenvalue weighted by Crippen LogP contribution is 2.49. The summed E-state index contributed by atoms with van der Waals surface area (Å²) in [4.78, 5) is 28.6. The number of carbonyl (C=O) groups is 2. The van der Waals surface area contributed by atoms with Crippen LogP contribution in [0.5, 0.6) is 0 Å². The number of imide groups is 1. The maximum atomic E-state index is 13.6. The van der Waals surface area contributed by atoms with Crippen molar-refractivity contribution in [2.45, 2.75) is 11.8 Å². The highest BCUT2D eigenvalue weighted by molar-refractivity contribution is 6.06. The Hall–Kier alpha value is -3.23. The number of amides is 2. The van der Waals surface area contributed by atoms with Crippen LogP contribution in [0.25, 0.3) is 0 Å². The van der Waals surface area contributed by atoms with Crippen LogP contribution in [0.1, 0.15) is 23.0 Å². The number of likely N-dealkylation sites (tertiary alicyclic amines) is 1. The number of rotatable bonds is 6. The van der Waals surface area contributed by atoms with E-state index in [-0.39, 0.29) is 23.7 Å². The Morgan fingerprint density at radius 2 is 1.29 bits per heavy atom. The fourth-order valence-corrected chi connectivity index (χ4v) is 4.86. The molecule has 0 saturated carbocycles. The summed E-state index contributed by atoms with van der Waals surface area (Å²) in [7, 11) is 3.89. The SMILES string of the molecule is C[N+](C)(CC#N)CCN1C(=O)[C@@H]2[C@H](C1=O)[C@@H](c1ccccc1)C=C[C@@H]2c1ccccc1. The van der Waals surface area contributed by atoms with Crippen LogP contribution in [0.4, 0.5) is 0 Å². The minimum atomic E-state index is -0.406. The Balaban J connectivity index is 1.69. The van der Waals surface area contributed by atoms with Gasteiger partial charge in [-0.3, -0.25) is 14.5 Å². The molecule has 2 aliphatic rings. The molecule has 0 aromatic heterocycles. The Morgan fingerprint density at radius 1 is 0.839 bits per heavy atom. The standard InChI is InChI=1S/C26H28N3O2/c1-29(2,17-15-27)18-16-28-25(30)23-21(19-9-5-3-6-10-19)13-14-22(24(23)26(28)31)20-11-7-4-8-12-20/h3-14,21-24H,16-18H2,1-2H3/q+1/t21-,22-,23-,24+/m1/s1. The summed E-state index contributed by atoms with van der Waals surface area (Å²) in [5.74, 6) is -1.23. The summed E-state index contributed by atoms with van der Waals surface area (Å²) in [5, 5.41) is 9.07. The second-order valence-electron chi connectivity index (χ2n) is 9.11. The number of hydrogen-bond donors (Lipinski definition) is 0. The van der Waals surface area contributed by atoms with E-state index in [0.717, 1.165) is 11.1 Å². The highest BCUT2D eigenvalue weighted by atomic mass is 16.2. The van der Waals surface area contributed by atoms with Gasteiger partial charge < -0.3 is 4.48 Å². The average molecular weight is 415 g/mol. The van der Waals surface area contributed by atoms with Gasteiger partial charge in [-0.15, -0.1) is 0 Å². The molecular formula is C26H28N3O2+. The second kappa shape index (κ2) is 8.49. The van der Waals surface area contributed by atoms with Gasteiger partial charge in [-0.05, 0) is 11.1 Å². The quantitative estimate of drug-likeness (QED) is 0.315. The first kappa shape index (κ1) is 21.0. The number of hydrogen-bond acceptors (Lipinski definition) is 3. The number of fused-ring (bicyclic) bond motifs is 1. The first-order valence-electron chi connectivity index (χ1n) is 10.8. The largest absolute Gasteiger partial charge is 0.315 e. The molecule has 4 atom stereocenters. The summed E-state index contributed by atoms with van der Waals surface area (Å²) in [6.07, 6.45) is 4.22. The van der Waals surface area contributed by atoms with Gasteiger partial charge in [0.15, 0.2) is 6.54 Å². The Morgan fingerprint density at radius 3 is 1.71 bits per heavy atom. The van der Waals surface area contributed by atoms with Gasteiger partial charge in [0.25, 0.3) is 0 Å². The minimum absolute atomic E-state index is 0.0916. The molecule has 158 valence electrons. The summed E-state index contributed by atoms with van der Waals surface area (Å²) >= 11 is 0. The molecule has 1 aliphatic heterocycles. The van der Waals surface area contributed by atoms with Crippen molar-refractivity contribution < 1.29 is 14.1 Å². The van der Waals surface area contributed by atoms with Crippen molar-refractivity contribution in [1.29, 1.82) is 5.26 Å².